The summed E-state index contributed by atoms with van der Waals surface area (Å²) in [5.41, 5.74) is 0. The first-order valence-corrected chi connectivity index (χ1v) is 8.43. The van der Waals surface area contributed by atoms with Crippen molar-refractivity contribution in [1.82, 2.24) is 10.0 Å². The Morgan fingerprint density at radius 3 is 2.71 bits per heavy atom. The fraction of sp³-hybridized carbons (Fsp3) is 1.00. The van der Waals surface area contributed by atoms with Gasteiger partial charge in [0.25, 0.3) is 0 Å². The quantitative estimate of drug-likeness (QED) is 0.752. The average molecular weight is 260 g/mol. The molecule has 0 spiro atoms. The topological polar surface area (TPSA) is 58.2 Å². The van der Waals surface area contributed by atoms with E-state index in [2.05, 4.69) is 17.0 Å². The first-order valence-electron chi connectivity index (χ1n) is 6.77. The van der Waals surface area contributed by atoms with E-state index in [4.69, 9.17) is 0 Å². The molecule has 2 unspecified atom stereocenters. The Morgan fingerprint density at radius 1 is 1.29 bits per heavy atom. The summed E-state index contributed by atoms with van der Waals surface area (Å²) >= 11 is 0. The van der Waals surface area contributed by atoms with Gasteiger partial charge >= 0.3 is 0 Å². The van der Waals surface area contributed by atoms with Gasteiger partial charge in [-0.15, -0.1) is 0 Å². The Morgan fingerprint density at radius 2 is 2.06 bits per heavy atom. The molecule has 100 valence electrons. The molecular formula is C12H24N2O2S. The molecule has 2 rings (SSSR count). The zero-order chi connectivity index (χ0) is 12.3. The van der Waals surface area contributed by atoms with Crippen molar-refractivity contribution in [3.05, 3.63) is 0 Å². The van der Waals surface area contributed by atoms with Gasteiger partial charge in [-0.05, 0) is 37.6 Å². The van der Waals surface area contributed by atoms with Gasteiger partial charge in [0.1, 0.15) is 0 Å². The van der Waals surface area contributed by atoms with Gasteiger partial charge in [-0.1, -0.05) is 19.8 Å². The summed E-state index contributed by atoms with van der Waals surface area (Å²) in [6.07, 6.45) is 5.67. The molecule has 2 fully saturated rings. The molecule has 4 nitrogen and oxygen atoms in total. The maximum atomic E-state index is 11.8. The molecule has 2 aliphatic rings. The van der Waals surface area contributed by atoms with Crippen molar-refractivity contribution in [3.63, 3.8) is 0 Å². The lowest BCUT2D eigenvalue weighted by molar-refractivity contribution is 0.300. The average Bonchev–Trinajstić information content (AvgIpc) is 3.09. The largest absolute Gasteiger partial charge is 0.312 e. The van der Waals surface area contributed by atoms with E-state index in [1.807, 2.05) is 0 Å². The summed E-state index contributed by atoms with van der Waals surface area (Å²) in [4.78, 5) is 0. The molecule has 1 aliphatic heterocycles. The van der Waals surface area contributed by atoms with Gasteiger partial charge in [0, 0.05) is 12.6 Å². The lowest BCUT2D eigenvalue weighted by atomic mass is 9.93. The van der Waals surface area contributed by atoms with E-state index < -0.39 is 10.0 Å². The second-order valence-corrected chi connectivity index (χ2v) is 7.51. The number of sulfonamides is 1. The number of hydrogen-bond donors (Lipinski definition) is 2. The molecule has 17 heavy (non-hydrogen) atoms. The lowest BCUT2D eigenvalue weighted by Crippen LogP contribution is -2.48. The van der Waals surface area contributed by atoms with Crippen molar-refractivity contribution in [2.45, 2.75) is 45.1 Å². The van der Waals surface area contributed by atoms with E-state index >= 15 is 0 Å². The van der Waals surface area contributed by atoms with Crippen LogP contribution in [0.1, 0.15) is 39.0 Å². The summed E-state index contributed by atoms with van der Waals surface area (Å²) in [5.74, 6) is 1.55. The SMILES string of the molecule is CC1CCCNC1CNS(=O)(=O)CCC1CC1. The monoisotopic (exact) mass is 260 g/mol. The number of rotatable bonds is 6. The molecule has 2 N–H and O–H groups in total. The molecule has 0 radical (unpaired) electrons. The second-order valence-electron chi connectivity index (χ2n) is 5.58. The minimum atomic E-state index is -3.05. The molecule has 2 atom stereocenters. The molecule has 0 amide bonds. The van der Waals surface area contributed by atoms with Gasteiger partial charge in [-0.25, -0.2) is 13.1 Å². The molecule has 1 saturated heterocycles. The summed E-state index contributed by atoms with van der Waals surface area (Å²) in [6.45, 7) is 3.75. The number of nitrogens with one attached hydrogen (secondary N) is 2. The third-order valence-corrected chi connectivity index (χ3v) is 5.32. The van der Waals surface area contributed by atoms with Crippen LogP contribution in [-0.2, 0) is 10.0 Å². The third-order valence-electron chi connectivity index (χ3n) is 3.94. The zero-order valence-corrected chi connectivity index (χ0v) is 11.4. The van der Waals surface area contributed by atoms with Crippen LogP contribution < -0.4 is 10.0 Å². The first kappa shape index (κ1) is 13.3. The minimum Gasteiger partial charge on any atom is -0.312 e. The van der Waals surface area contributed by atoms with Gasteiger partial charge in [0.15, 0.2) is 0 Å². The van der Waals surface area contributed by atoms with Crippen molar-refractivity contribution in [2.75, 3.05) is 18.8 Å². The van der Waals surface area contributed by atoms with E-state index in [0.717, 1.165) is 13.0 Å². The van der Waals surface area contributed by atoms with Crippen LogP contribution in [0.15, 0.2) is 0 Å². The lowest BCUT2D eigenvalue weighted by Gasteiger charge is -2.30. The summed E-state index contributed by atoms with van der Waals surface area (Å²) in [5, 5.41) is 3.39. The van der Waals surface area contributed by atoms with Crippen LogP contribution in [0.5, 0.6) is 0 Å². The minimum absolute atomic E-state index is 0.304. The molecule has 1 saturated carbocycles. The molecule has 1 heterocycles. The van der Waals surface area contributed by atoms with Crippen molar-refractivity contribution >= 4 is 10.0 Å². The van der Waals surface area contributed by atoms with Crippen molar-refractivity contribution in [2.24, 2.45) is 11.8 Å². The van der Waals surface area contributed by atoms with Crippen LogP contribution >= 0.6 is 0 Å². The normalized spacial score (nSPS) is 30.4. The standard InChI is InChI=1S/C12H24N2O2S/c1-10-3-2-7-13-12(10)9-14-17(15,16)8-6-11-4-5-11/h10-14H,2-9H2,1H3. The van der Waals surface area contributed by atoms with Gasteiger partial charge < -0.3 is 5.32 Å². The predicted octanol–water partition coefficient (Wildman–Crippen LogP) is 1.09. The van der Waals surface area contributed by atoms with E-state index in [1.54, 1.807) is 0 Å². The highest BCUT2D eigenvalue weighted by Crippen LogP contribution is 2.32. The third kappa shape index (κ3) is 4.56. The Balaban J connectivity index is 1.71. The van der Waals surface area contributed by atoms with Crippen LogP contribution in [-0.4, -0.2) is 33.3 Å². The smallest absolute Gasteiger partial charge is 0.211 e. The summed E-state index contributed by atoms with van der Waals surface area (Å²) in [6, 6.07) is 0.305. The van der Waals surface area contributed by atoms with E-state index in [9.17, 15) is 8.42 Å². The number of piperidine rings is 1. The van der Waals surface area contributed by atoms with Crippen molar-refractivity contribution in [3.8, 4) is 0 Å². The zero-order valence-electron chi connectivity index (χ0n) is 10.6. The van der Waals surface area contributed by atoms with Crippen LogP contribution in [0.3, 0.4) is 0 Å². The van der Waals surface area contributed by atoms with Crippen LogP contribution in [0.25, 0.3) is 0 Å². The molecule has 5 heteroatoms. The van der Waals surface area contributed by atoms with Crippen molar-refractivity contribution in [1.29, 1.82) is 0 Å². The molecule has 1 aliphatic carbocycles. The Hall–Kier alpha value is -0.130. The molecular weight excluding hydrogens is 236 g/mol. The maximum Gasteiger partial charge on any atom is 0.211 e. The van der Waals surface area contributed by atoms with E-state index in [1.165, 1.54) is 25.7 Å². The highest BCUT2D eigenvalue weighted by molar-refractivity contribution is 7.89. The van der Waals surface area contributed by atoms with Crippen molar-refractivity contribution < 1.29 is 8.42 Å². The second kappa shape index (κ2) is 5.67. The fourth-order valence-electron chi connectivity index (χ4n) is 2.40. The van der Waals surface area contributed by atoms with E-state index in [-0.39, 0.29) is 0 Å². The van der Waals surface area contributed by atoms with Crippen LogP contribution in [0, 0.1) is 11.8 Å². The highest BCUT2D eigenvalue weighted by atomic mass is 32.2. The molecule has 0 aromatic heterocycles. The van der Waals surface area contributed by atoms with Crippen LogP contribution in [0.2, 0.25) is 0 Å². The molecule has 0 aromatic carbocycles. The maximum absolute atomic E-state index is 11.8. The van der Waals surface area contributed by atoms with Gasteiger partial charge in [0.05, 0.1) is 5.75 Å². The summed E-state index contributed by atoms with van der Waals surface area (Å²) in [7, 11) is -3.05. The van der Waals surface area contributed by atoms with Gasteiger partial charge in [-0.2, -0.15) is 0 Å². The van der Waals surface area contributed by atoms with Crippen LogP contribution in [0.4, 0.5) is 0 Å². The fourth-order valence-corrected chi connectivity index (χ4v) is 3.63. The predicted molar refractivity (Wildman–Crippen MR) is 69.3 cm³/mol. The molecule has 0 bridgehead atoms. The number of hydrogen-bond acceptors (Lipinski definition) is 3. The van der Waals surface area contributed by atoms with E-state index in [0.29, 0.717) is 30.2 Å². The highest BCUT2D eigenvalue weighted by Gasteiger charge is 2.25. The van der Waals surface area contributed by atoms with Gasteiger partial charge in [0.2, 0.25) is 10.0 Å². The Bertz CT molecular complexity index is 338. The first-order chi connectivity index (χ1) is 8.07. The van der Waals surface area contributed by atoms with Gasteiger partial charge in [-0.3, -0.25) is 0 Å². The Labute approximate surface area is 105 Å². The molecule has 0 aromatic rings. The Kier molecular flexibility index (Phi) is 4.44. The summed E-state index contributed by atoms with van der Waals surface area (Å²) < 4.78 is 26.3.